The molecule has 1 aromatic carbocycles. The Bertz CT molecular complexity index is 512. The van der Waals surface area contributed by atoms with Gasteiger partial charge in [0.05, 0.1) is 7.11 Å². The third-order valence-corrected chi connectivity index (χ3v) is 2.60. The quantitative estimate of drug-likeness (QED) is 0.761. The van der Waals surface area contributed by atoms with E-state index in [1.54, 1.807) is 13.0 Å². The predicted octanol–water partition coefficient (Wildman–Crippen LogP) is 2.97. The molecule has 0 atom stereocenters. The lowest BCUT2D eigenvalue weighted by atomic mass is 10.1. The van der Waals surface area contributed by atoms with Crippen LogP contribution in [0.5, 0.6) is 0 Å². The summed E-state index contributed by atoms with van der Waals surface area (Å²) in [7, 11) is 1.37. The molecular formula is C14H14O3. The first-order chi connectivity index (χ1) is 8.20. The van der Waals surface area contributed by atoms with Gasteiger partial charge in [0, 0.05) is 6.42 Å². The largest absolute Gasteiger partial charge is 0.465 e. The zero-order valence-corrected chi connectivity index (χ0v) is 9.90. The molecule has 0 saturated heterocycles. The second-order valence-corrected chi connectivity index (χ2v) is 3.84. The number of ether oxygens (including phenoxy) is 1. The van der Waals surface area contributed by atoms with Crippen LogP contribution in [-0.4, -0.2) is 13.1 Å². The van der Waals surface area contributed by atoms with Crippen LogP contribution in [0.2, 0.25) is 0 Å². The Kier molecular flexibility index (Phi) is 3.28. The third kappa shape index (κ3) is 2.56. The lowest BCUT2D eigenvalue weighted by Gasteiger charge is -1.96. The van der Waals surface area contributed by atoms with Gasteiger partial charge in [-0.25, -0.2) is 4.79 Å². The Morgan fingerprint density at radius 2 is 2.00 bits per heavy atom. The van der Waals surface area contributed by atoms with Gasteiger partial charge >= 0.3 is 5.97 Å². The molecule has 0 bridgehead atoms. The van der Waals surface area contributed by atoms with Crippen LogP contribution in [0.1, 0.15) is 27.4 Å². The van der Waals surface area contributed by atoms with E-state index >= 15 is 0 Å². The molecule has 2 rings (SSSR count). The standard InChI is InChI=1S/C14H14O3/c1-10-13(14(15)16-2)9-12(17-10)8-11-6-4-3-5-7-11/h3-7,9H,8H2,1-2H3. The van der Waals surface area contributed by atoms with Gasteiger partial charge in [-0.1, -0.05) is 30.3 Å². The van der Waals surface area contributed by atoms with Gasteiger partial charge in [-0.15, -0.1) is 0 Å². The summed E-state index contributed by atoms with van der Waals surface area (Å²) in [5.41, 5.74) is 1.65. The van der Waals surface area contributed by atoms with Crippen molar-refractivity contribution >= 4 is 5.97 Å². The summed E-state index contributed by atoms with van der Waals surface area (Å²) in [6, 6.07) is 11.7. The van der Waals surface area contributed by atoms with E-state index in [0.717, 1.165) is 11.3 Å². The van der Waals surface area contributed by atoms with E-state index < -0.39 is 0 Å². The lowest BCUT2D eigenvalue weighted by Crippen LogP contribution is -2.00. The van der Waals surface area contributed by atoms with Gasteiger partial charge in [0.2, 0.25) is 0 Å². The molecule has 0 N–H and O–H groups in total. The van der Waals surface area contributed by atoms with E-state index in [1.807, 2.05) is 30.3 Å². The Morgan fingerprint density at radius 3 is 2.65 bits per heavy atom. The smallest absolute Gasteiger partial charge is 0.341 e. The second-order valence-electron chi connectivity index (χ2n) is 3.84. The number of esters is 1. The molecule has 0 fully saturated rings. The molecule has 0 saturated carbocycles. The monoisotopic (exact) mass is 230 g/mol. The first kappa shape index (κ1) is 11.5. The van der Waals surface area contributed by atoms with Gasteiger partial charge in [-0.2, -0.15) is 0 Å². The van der Waals surface area contributed by atoms with Crippen LogP contribution >= 0.6 is 0 Å². The van der Waals surface area contributed by atoms with Gasteiger partial charge in [0.25, 0.3) is 0 Å². The molecule has 1 heterocycles. The average molecular weight is 230 g/mol. The van der Waals surface area contributed by atoms with Crippen molar-refractivity contribution in [2.75, 3.05) is 7.11 Å². The molecule has 0 aliphatic heterocycles. The van der Waals surface area contributed by atoms with Crippen molar-refractivity contribution < 1.29 is 13.9 Å². The summed E-state index contributed by atoms with van der Waals surface area (Å²) in [6.45, 7) is 1.76. The fourth-order valence-electron chi connectivity index (χ4n) is 1.74. The summed E-state index contributed by atoms with van der Waals surface area (Å²) in [5.74, 6) is 1.02. The minimum Gasteiger partial charge on any atom is -0.465 e. The van der Waals surface area contributed by atoms with Crippen molar-refractivity contribution in [3.63, 3.8) is 0 Å². The number of aryl methyl sites for hydroxylation is 1. The third-order valence-electron chi connectivity index (χ3n) is 2.60. The van der Waals surface area contributed by atoms with Crippen molar-refractivity contribution in [3.8, 4) is 0 Å². The molecule has 17 heavy (non-hydrogen) atoms. The maximum Gasteiger partial charge on any atom is 0.341 e. The van der Waals surface area contributed by atoms with E-state index in [-0.39, 0.29) is 5.97 Å². The highest BCUT2D eigenvalue weighted by atomic mass is 16.5. The normalized spacial score (nSPS) is 10.2. The number of hydrogen-bond donors (Lipinski definition) is 0. The summed E-state index contributed by atoms with van der Waals surface area (Å²) in [4.78, 5) is 11.4. The molecular weight excluding hydrogens is 216 g/mol. The van der Waals surface area contributed by atoms with Crippen molar-refractivity contribution in [2.24, 2.45) is 0 Å². The number of methoxy groups -OCH3 is 1. The fraction of sp³-hybridized carbons (Fsp3) is 0.214. The fourth-order valence-corrected chi connectivity index (χ4v) is 1.74. The molecule has 0 aliphatic rings. The van der Waals surface area contributed by atoms with E-state index in [9.17, 15) is 4.79 Å². The van der Waals surface area contributed by atoms with Crippen molar-refractivity contribution in [1.82, 2.24) is 0 Å². The summed E-state index contributed by atoms with van der Waals surface area (Å²) < 4.78 is 10.2. The molecule has 0 aliphatic carbocycles. The molecule has 0 unspecified atom stereocenters. The molecule has 2 aromatic rings. The van der Waals surface area contributed by atoms with Crippen LogP contribution in [0.3, 0.4) is 0 Å². The summed E-state index contributed by atoms with van der Waals surface area (Å²) >= 11 is 0. The van der Waals surface area contributed by atoms with Gasteiger partial charge in [-0.3, -0.25) is 0 Å². The molecule has 0 spiro atoms. The Hall–Kier alpha value is -2.03. The van der Waals surface area contributed by atoms with Crippen LogP contribution < -0.4 is 0 Å². The van der Waals surface area contributed by atoms with Crippen LogP contribution in [0.25, 0.3) is 0 Å². The molecule has 88 valence electrons. The Balaban J connectivity index is 2.21. The number of carbonyl (C=O) groups excluding carboxylic acids is 1. The number of rotatable bonds is 3. The molecule has 3 heteroatoms. The number of benzene rings is 1. The highest BCUT2D eigenvalue weighted by molar-refractivity contribution is 5.90. The minimum atomic E-state index is -0.356. The van der Waals surface area contributed by atoms with E-state index in [0.29, 0.717) is 17.7 Å². The molecule has 3 nitrogen and oxygen atoms in total. The first-order valence-electron chi connectivity index (χ1n) is 5.42. The molecule has 1 aromatic heterocycles. The topological polar surface area (TPSA) is 39.4 Å². The average Bonchev–Trinajstić information content (AvgIpc) is 2.70. The maximum absolute atomic E-state index is 11.4. The van der Waals surface area contributed by atoms with Gasteiger partial charge in [0.1, 0.15) is 17.1 Å². The van der Waals surface area contributed by atoms with Gasteiger partial charge in [-0.05, 0) is 18.6 Å². The number of hydrogen-bond acceptors (Lipinski definition) is 3. The van der Waals surface area contributed by atoms with Crippen LogP contribution in [0.15, 0.2) is 40.8 Å². The highest BCUT2D eigenvalue weighted by Gasteiger charge is 2.15. The summed E-state index contributed by atoms with van der Waals surface area (Å²) in [6.07, 6.45) is 0.679. The van der Waals surface area contributed by atoms with E-state index in [4.69, 9.17) is 4.42 Å². The zero-order valence-electron chi connectivity index (χ0n) is 9.90. The predicted molar refractivity (Wildman–Crippen MR) is 64.0 cm³/mol. The van der Waals surface area contributed by atoms with Crippen LogP contribution in [0, 0.1) is 6.92 Å². The minimum absolute atomic E-state index is 0.356. The van der Waals surface area contributed by atoms with Gasteiger partial charge < -0.3 is 9.15 Å². The Morgan fingerprint density at radius 1 is 1.29 bits per heavy atom. The number of furan rings is 1. The first-order valence-corrected chi connectivity index (χ1v) is 5.42. The summed E-state index contributed by atoms with van der Waals surface area (Å²) in [5, 5.41) is 0. The van der Waals surface area contributed by atoms with Crippen molar-refractivity contribution in [2.45, 2.75) is 13.3 Å². The van der Waals surface area contributed by atoms with Crippen LogP contribution in [-0.2, 0) is 11.2 Å². The molecule has 0 radical (unpaired) electrons. The zero-order chi connectivity index (χ0) is 12.3. The van der Waals surface area contributed by atoms with Gasteiger partial charge in [0.15, 0.2) is 0 Å². The number of carbonyl (C=O) groups is 1. The Labute approximate surface area is 100 Å². The SMILES string of the molecule is COC(=O)c1cc(Cc2ccccc2)oc1C. The van der Waals surface area contributed by atoms with E-state index in [2.05, 4.69) is 4.74 Å². The molecule has 0 amide bonds. The van der Waals surface area contributed by atoms with Crippen molar-refractivity contribution in [3.05, 3.63) is 59.0 Å². The highest BCUT2D eigenvalue weighted by Crippen LogP contribution is 2.18. The van der Waals surface area contributed by atoms with E-state index in [1.165, 1.54) is 7.11 Å². The maximum atomic E-state index is 11.4. The second kappa shape index (κ2) is 4.87. The van der Waals surface area contributed by atoms with Crippen LogP contribution in [0.4, 0.5) is 0 Å². The lowest BCUT2D eigenvalue weighted by molar-refractivity contribution is 0.0599. The van der Waals surface area contributed by atoms with Crippen molar-refractivity contribution in [1.29, 1.82) is 0 Å².